The number of amides is 17. The van der Waals surface area contributed by atoms with E-state index in [-0.39, 0.29) is 126 Å². The molecule has 0 aromatic heterocycles. The lowest BCUT2D eigenvalue weighted by atomic mass is 10.0. The van der Waals surface area contributed by atoms with E-state index in [1.165, 1.54) is 51.2 Å². The number of primary amides is 1. The number of rotatable bonds is 64. The van der Waals surface area contributed by atoms with Gasteiger partial charge in [-0.3, -0.25) is 81.5 Å². The van der Waals surface area contributed by atoms with Crippen LogP contribution < -0.4 is 102 Å². The minimum absolute atomic E-state index is 0.0138. The zero-order valence-corrected chi connectivity index (χ0v) is 77.4. The molecule has 18 atom stereocenters. The number of aliphatic hydroxyl groups excluding tert-OH is 4. The Labute approximate surface area is 766 Å². The SMILES string of the molecule is C#CC[C@@H](NC(=O)[C@H](CCCCN)NC(=O)[C@H](Cc1ccccc1)NC(=O)[C@H](C)NC(=O)[C@H](CCCCN=[N+]=[N-])NC(=O)[C@H](CCCCN)NC(=O)[C@H](CC(C)C)NC(=O)[C@@H](NC(=O)[C@H](CCSC)NC(=O)[C@H](CCSC)NC(=O)CNC(=O)[C@H](Cc1ccccc1)NC(=O)[C@@H](NC(=O)[C@@H](NC(C)=O)[C@@H](C)O)[C@@H](C)O)[C@@H](C)O)C(=O)N[C@@H](CC(C)C)C(=O)N[C@@H](CO)C(N)=O. The second-order valence-corrected chi connectivity index (χ2v) is 34.2. The summed E-state index contributed by atoms with van der Waals surface area (Å²) in [6, 6.07) is -5.65. The van der Waals surface area contributed by atoms with Crippen LogP contribution in [0.25, 0.3) is 10.4 Å². The van der Waals surface area contributed by atoms with Crippen molar-refractivity contribution in [1.29, 1.82) is 0 Å². The maximum absolute atomic E-state index is 14.7. The van der Waals surface area contributed by atoms with Crippen LogP contribution in [0.3, 0.4) is 0 Å². The van der Waals surface area contributed by atoms with Gasteiger partial charge in [-0.25, -0.2) is 0 Å². The van der Waals surface area contributed by atoms with E-state index in [1.807, 2.05) is 0 Å². The van der Waals surface area contributed by atoms with Gasteiger partial charge in [0, 0.05) is 37.6 Å². The van der Waals surface area contributed by atoms with E-state index < -0.39 is 229 Å². The summed E-state index contributed by atoms with van der Waals surface area (Å²) in [5.74, 6) is -13.5. The van der Waals surface area contributed by atoms with Crippen LogP contribution >= 0.6 is 23.5 Å². The summed E-state index contributed by atoms with van der Waals surface area (Å²) in [5.41, 5.74) is 27.1. The molecule has 0 unspecified atom stereocenters. The van der Waals surface area contributed by atoms with Crippen LogP contribution in [0.4, 0.5) is 0 Å². The monoisotopic (exact) mass is 1860 g/mol. The predicted octanol–water partition coefficient (Wildman–Crippen LogP) is -4.12. The molecule has 0 aliphatic carbocycles. The lowest BCUT2D eigenvalue weighted by Gasteiger charge is -2.29. The zero-order chi connectivity index (χ0) is 97.7. The molecule has 45 heteroatoms. The first-order chi connectivity index (χ1) is 61.6. The number of hydrogen-bond acceptors (Lipinski definition) is 26. The van der Waals surface area contributed by atoms with E-state index in [0.717, 1.165) is 6.92 Å². The highest BCUT2D eigenvalue weighted by Gasteiger charge is 2.40. The Balaban J connectivity index is 2.50. The molecule has 0 spiro atoms. The molecular formula is C85H136N22O21S2. The van der Waals surface area contributed by atoms with Crippen LogP contribution in [0.5, 0.6) is 0 Å². The molecule has 2 aromatic rings. The maximum Gasteiger partial charge on any atom is 0.245 e. The molecular weight excluding hydrogens is 1730 g/mol. The maximum atomic E-state index is 14.7. The number of azide groups is 1. The first-order valence-electron chi connectivity index (χ1n) is 43.2. The van der Waals surface area contributed by atoms with E-state index in [2.05, 4.69) is 101 Å². The second kappa shape index (κ2) is 62.9. The lowest BCUT2D eigenvalue weighted by Crippen LogP contribution is -2.62. The molecule has 26 N–H and O–H groups in total. The van der Waals surface area contributed by atoms with Crippen molar-refractivity contribution >= 4 is 124 Å². The third-order valence-corrected chi connectivity index (χ3v) is 21.4. The fourth-order valence-electron chi connectivity index (χ4n) is 13.0. The number of benzene rings is 2. The van der Waals surface area contributed by atoms with Gasteiger partial charge in [-0.2, -0.15) is 23.5 Å². The first kappa shape index (κ1) is 115. The summed E-state index contributed by atoms with van der Waals surface area (Å²) in [4.78, 5) is 239. The minimum Gasteiger partial charge on any atom is -0.394 e. The normalized spacial score (nSPS) is 15.2. The molecule has 724 valence electrons. The molecule has 17 amide bonds. The van der Waals surface area contributed by atoms with Crippen molar-refractivity contribution in [2.24, 2.45) is 34.2 Å². The lowest BCUT2D eigenvalue weighted by molar-refractivity contribution is -0.137. The Morgan fingerprint density at radius 2 is 0.746 bits per heavy atom. The predicted molar refractivity (Wildman–Crippen MR) is 487 cm³/mol. The first-order valence-corrected chi connectivity index (χ1v) is 46.0. The van der Waals surface area contributed by atoms with Crippen molar-refractivity contribution in [3.05, 3.63) is 82.2 Å². The number of carbonyl (C=O) groups excluding carboxylic acids is 17. The molecule has 0 heterocycles. The summed E-state index contributed by atoms with van der Waals surface area (Å²) in [6.07, 6.45) is 4.83. The van der Waals surface area contributed by atoms with Gasteiger partial charge in [-0.15, -0.1) is 12.3 Å². The van der Waals surface area contributed by atoms with E-state index in [9.17, 15) is 102 Å². The van der Waals surface area contributed by atoms with E-state index in [4.69, 9.17) is 29.2 Å². The van der Waals surface area contributed by atoms with Crippen molar-refractivity contribution in [1.82, 2.24) is 85.1 Å². The number of aliphatic hydroxyl groups is 4. The van der Waals surface area contributed by atoms with Crippen LogP contribution in [0, 0.1) is 24.2 Å². The van der Waals surface area contributed by atoms with Gasteiger partial charge in [0.05, 0.1) is 31.5 Å². The minimum atomic E-state index is -1.81. The fourth-order valence-corrected chi connectivity index (χ4v) is 14.0. The van der Waals surface area contributed by atoms with Gasteiger partial charge in [0.15, 0.2) is 0 Å². The van der Waals surface area contributed by atoms with Gasteiger partial charge in [-0.05, 0) is 170 Å². The molecule has 0 bridgehead atoms. The number of nitrogens with two attached hydrogens (primary N) is 3. The van der Waals surface area contributed by atoms with Gasteiger partial charge in [0.1, 0.15) is 90.6 Å². The number of nitrogens with zero attached hydrogens (tertiary/aromatic N) is 3. The smallest absolute Gasteiger partial charge is 0.245 e. The van der Waals surface area contributed by atoms with Crippen molar-refractivity contribution in [2.45, 2.75) is 274 Å². The third kappa shape index (κ3) is 44.4. The molecule has 0 radical (unpaired) electrons. The average molecular weight is 1870 g/mol. The molecule has 130 heavy (non-hydrogen) atoms. The van der Waals surface area contributed by atoms with Crippen molar-refractivity contribution in [3.63, 3.8) is 0 Å². The Kier molecular flexibility index (Phi) is 55.6. The van der Waals surface area contributed by atoms with Gasteiger partial charge in [0.2, 0.25) is 100 Å². The average Bonchev–Trinajstić information content (AvgIpc) is 0.851. The van der Waals surface area contributed by atoms with Crippen LogP contribution in [0.1, 0.15) is 163 Å². The summed E-state index contributed by atoms with van der Waals surface area (Å²) in [6.45, 7) is 11.6. The van der Waals surface area contributed by atoms with E-state index in [0.29, 0.717) is 24.0 Å². The van der Waals surface area contributed by atoms with Crippen LogP contribution in [0.2, 0.25) is 0 Å². The number of hydrogen-bond donors (Lipinski definition) is 23. The molecule has 0 saturated heterocycles. The Morgan fingerprint density at radius 3 is 1.15 bits per heavy atom. The van der Waals surface area contributed by atoms with Gasteiger partial charge in [0.25, 0.3) is 0 Å². The quantitative estimate of drug-likeness (QED) is 0.00983. The Hall–Kier alpha value is -11.2. The fraction of sp³-hybridized carbons (Fsp3) is 0.635. The summed E-state index contributed by atoms with van der Waals surface area (Å²) >= 11 is 2.60. The van der Waals surface area contributed by atoms with Crippen molar-refractivity contribution in [3.8, 4) is 12.3 Å². The highest BCUT2D eigenvalue weighted by Crippen LogP contribution is 2.16. The number of terminal acetylenes is 1. The summed E-state index contributed by atoms with van der Waals surface area (Å²) < 4.78 is 0. The molecule has 2 rings (SSSR count). The topological polar surface area (TPSA) is 690 Å². The standard InChI is InChI=1S/C85H136N22O21S2/c1-13-26-56(75(118)101-62(41-47(2)3)81(124)104-66(46-108)71(88)114)95-76(119)58(31-20-23-36-86)98-82(125)65(44-55-29-18-15-19-30-55)100-72(115)49(6)92-74(117)57(33-22-25-38-91-107-89)96-77(120)59(32-21-24-37-87)97-80(123)63(42-48(4)5)102-83(126)69(51(8)110)105-79(122)61(35-40-130-12)99-78(121)60(34-39-129-11)94-67(113)45-90-73(116)64(43-54-27-16-14-17-28-54)103-84(127)70(52(9)111)106-85(128)68(50(7)109)93-53(10)112/h1,14-19,27-30,47-52,56-66,68-70,108-111H,20-26,31-46,86-87H2,2-12H3,(H2,88,114)(H,90,116)(H,92,117)(H,93,112)(H,94,113)(H,95,119)(H,96,120)(H,97,123)(H,98,125)(H,99,121)(H,100,115)(H,101,118)(H,102,126)(H,103,127)(H,104,124)(H,105,122)(H,106,128)/t49-,50+,51+,52+,56+,57-,58-,59-,60-,61-,62-,63-,64-,65-,66-,68-,69-,70-/m0/s1. The third-order valence-electron chi connectivity index (χ3n) is 20.1. The second-order valence-electron chi connectivity index (χ2n) is 32.3. The largest absolute Gasteiger partial charge is 0.394 e. The highest BCUT2D eigenvalue weighted by molar-refractivity contribution is 7.98. The van der Waals surface area contributed by atoms with E-state index >= 15 is 0 Å². The number of thioether (sulfide) groups is 2. The summed E-state index contributed by atoms with van der Waals surface area (Å²) in [5, 5.41) is 85.7. The van der Waals surface area contributed by atoms with Gasteiger partial charge >= 0.3 is 0 Å². The Bertz CT molecular complexity index is 4090. The zero-order valence-electron chi connectivity index (χ0n) is 75.8. The molecule has 43 nitrogen and oxygen atoms in total. The molecule has 0 aliphatic heterocycles. The highest BCUT2D eigenvalue weighted by atomic mass is 32.2. The number of nitrogens with one attached hydrogen (secondary N) is 16. The molecule has 0 saturated carbocycles. The van der Waals surface area contributed by atoms with Crippen molar-refractivity contribution in [2.75, 3.05) is 56.8 Å². The van der Waals surface area contributed by atoms with Crippen LogP contribution in [-0.2, 0) is 94.3 Å². The molecule has 2 aromatic carbocycles. The van der Waals surface area contributed by atoms with Crippen LogP contribution in [0.15, 0.2) is 65.8 Å². The Morgan fingerprint density at radius 1 is 0.415 bits per heavy atom. The summed E-state index contributed by atoms with van der Waals surface area (Å²) in [7, 11) is 0. The number of unbranched alkanes of at least 4 members (excludes halogenated alkanes) is 3. The number of carbonyl (C=O) groups is 17. The van der Waals surface area contributed by atoms with Gasteiger partial charge < -0.3 is 123 Å². The van der Waals surface area contributed by atoms with Crippen LogP contribution in [-0.4, -0.2) is 287 Å². The van der Waals surface area contributed by atoms with Crippen molar-refractivity contribution < 1.29 is 102 Å². The molecule has 0 aliphatic rings. The van der Waals surface area contributed by atoms with Gasteiger partial charge in [-0.1, -0.05) is 99.9 Å². The molecule has 0 fully saturated rings. The van der Waals surface area contributed by atoms with E-state index in [1.54, 1.807) is 101 Å².